The highest BCUT2D eigenvalue weighted by Gasteiger charge is 2.27. The molecule has 1 heterocycles. The lowest BCUT2D eigenvalue weighted by atomic mass is 9.96. The van der Waals surface area contributed by atoms with Gasteiger partial charge in [-0.3, -0.25) is 4.79 Å². The lowest BCUT2D eigenvalue weighted by molar-refractivity contribution is 0.0933. The van der Waals surface area contributed by atoms with Crippen molar-refractivity contribution in [2.75, 3.05) is 0 Å². The number of nitrogens with one attached hydrogen (secondary N) is 1. The largest absolute Gasteiger partial charge is 0.345 e. The van der Waals surface area contributed by atoms with Gasteiger partial charge in [-0.05, 0) is 42.9 Å². The van der Waals surface area contributed by atoms with E-state index in [0.29, 0.717) is 11.5 Å². The van der Waals surface area contributed by atoms with Gasteiger partial charge in [-0.15, -0.1) is 0 Å². The summed E-state index contributed by atoms with van der Waals surface area (Å²) in [7, 11) is 0. The monoisotopic (exact) mass is 465 g/mol. The number of aromatic nitrogens is 2. The summed E-state index contributed by atoms with van der Waals surface area (Å²) in [5.74, 6) is 0.501. The molecule has 4 nitrogen and oxygen atoms in total. The molecule has 4 rings (SSSR count). The quantitative estimate of drug-likeness (QED) is 0.265. The molecule has 1 aromatic heterocycles. The van der Waals surface area contributed by atoms with E-state index in [1.807, 2.05) is 83.5 Å². The summed E-state index contributed by atoms with van der Waals surface area (Å²) < 4.78 is 1.95. The van der Waals surface area contributed by atoms with Crippen LogP contribution in [0.4, 0.5) is 0 Å². The number of benzene rings is 3. The van der Waals surface area contributed by atoms with Crippen LogP contribution < -0.4 is 5.32 Å². The first-order valence-electron chi connectivity index (χ1n) is 12.7. The SMILES string of the molecule is CCCc1c(C(=O)NC(CCC(C)C)c2ccccc2)c(-c2ccccc2)nn1-c1ccccc1. The average molecular weight is 466 g/mol. The van der Waals surface area contributed by atoms with Crippen LogP contribution in [-0.4, -0.2) is 15.7 Å². The fourth-order valence-electron chi connectivity index (χ4n) is 4.48. The van der Waals surface area contributed by atoms with Crippen LogP contribution in [0.1, 0.15) is 67.7 Å². The lowest BCUT2D eigenvalue weighted by Crippen LogP contribution is -2.30. The predicted molar refractivity (Wildman–Crippen MR) is 144 cm³/mol. The maximum Gasteiger partial charge on any atom is 0.255 e. The van der Waals surface area contributed by atoms with E-state index < -0.39 is 0 Å². The zero-order valence-corrected chi connectivity index (χ0v) is 20.9. The summed E-state index contributed by atoms with van der Waals surface area (Å²) in [6.45, 7) is 6.59. The molecular weight excluding hydrogens is 430 g/mol. The van der Waals surface area contributed by atoms with Gasteiger partial charge in [-0.25, -0.2) is 4.68 Å². The summed E-state index contributed by atoms with van der Waals surface area (Å²) in [6.07, 6.45) is 3.61. The molecule has 4 aromatic rings. The first kappa shape index (κ1) is 24.5. The summed E-state index contributed by atoms with van der Waals surface area (Å²) in [5, 5.41) is 8.39. The van der Waals surface area contributed by atoms with Gasteiger partial charge in [0.05, 0.1) is 23.0 Å². The third kappa shape index (κ3) is 5.89. The highest BCUT2D eigenvalue weighted by Crippen LogP contribution is 2.30. The second-order valence-electron chi connectivity index (χ2n) is 9.44. The van der Waals surface area contributed by atoms with E-state index in [2.05, 4.69) is 38.2 Å². The van der Waals surface area contributed by atoms with Crippen molar-refractivity contribution in [3.63, 3.8) is 0 Å². The summed E-state index contributed by atoms with van der Waals surface area (Å²) in [5.41, 5.74) is 5.40. The summed E-state index contributed by atoms with van der Waals surface area (Å²) >= 11 is 0. The Balaban J connectivity index is 1.80. The summed E-state index contributed by atoms with van der Waals surface area (Å²) in [4.78, 5) is 14.0. The summed E-state index contributed by atoms with van der Waals surface area (Å²) in [6, 6.07) is 30.4. The fourth-order valence-corrected chi connectivity index (χ4v) is 4.48. The van der Waals surface area contributed by atoms with Crippen LogP contribution in [0.3, 0.4) is 0 Å². The highest BCUT2D eigenvalue weighted by molar-refractivity contribution is 6.01. The van der Waals surface area contributed by atoms with Crippen molar-refractivity contribution in [2.45, 2.75) is 52.5 Å². The molecule has 35 heavy (non-hydrogen) atoms. The Morgan fingerprint density at radius 3 is 2.06 bits per heavy atom. The van der Waals surface area contributed by atoms with Gasteiger partial charge in [-0.1, -0.05) is 106 Å². The van der Waals surface area contributed by atoms with Crippen LogP contribution in [0, 0.1) is 5.92 Å². The number of para-hydroxylation sites is 1. The van der Waals surface area contributed by atoms with Gasteiger partial charge in [0.25, 0.3) is 5.91 Å². The maximum atomic E-state index is 14.0. The van der Waals surface area contributed by atoms with E-state index in [9.17, 15) is 4.79 Å². The van der Waals surface area contributed by atoms with Gasteiger partial charge in [0.2, 0.25) is 0 Å². The molecule has 0 aliphatic heterocycles. The number of carbonyl (C=O) groups is 1. The lowest BCUT2D eigenvalue weighted by Gasteiger charge is -2.21. The Morgan fingerprint density at radius 2 is 1.46 bits per heavy atom. The third-order valence-corrected chi connectivity index (χ3v) is 6.28. The molecule has 0 bridgehead atoms. The molecule has 0 aliphatic rings. The van der Waals surface area contributed by atoms with Crippen LogP contribution in [0.2, 0.25) is 0 Å². The van der Waals surface area contributed by atoms with Crippen molar-refractivity contribution in [3.8, 4) is 16.9 Å². The van der Waals surface area contributed by atoms with Crippen molar-refractivity contribution in [1.82, 2.24) is 15.1 Å². The first-order chi connectivity index (χ1) is 17.1. The Bertz CT molecular complexity index is 1210. The first-order valence-corrected chi connectivity index (χ1v) is 12.7. The number of carbonyl (C=O) groups excluding carboxylic acids is 1. The number of nitrogens with zero attached hydrogens (tertiary/aromatic N) is 2. The molecule has 4 heteroatoms. The van der Waals surface area contributed by atoms with Gasteiger partial charge in [-0.2, -0.15) is 5.10 Å². The van der Waals surface area contributed by atoms with Gasteiger partial charge in [0.15, 0.2) is 0 Å². The number of amides is 1. The molecule has 0 fully saturated rings. The second-order valence-corrected chi connectivity index (χ2v) is 9.44. The van der Waals surface area contributed by atoms with Crippen molar-refractivity contribution < 1.29 is 4.79 Å². The van der Waals surface area contributed by atoms with Crippen LogP contribution >= 0.6 is 0 Å². The van der Waals surface area contributed by atoms with Crippen molar-refractivity contribution >= 4 is 5.91 Å². The standard InChI is InChI=1S/C31H35N3O/c1-4-14-28-29(31(35)32-27(22-21-23(2)3)24-15-8-5-9-16-24)30(25-17-10-6-11-18-25)33-34(28)26-19-12-7-13-20-26/h5-13,15-20,23,27H,4,14,21-22H2,1-3H3,(H,32,35). The Kier molecular flexibility index (Phi) is 8.15. The van der Waals surface area contributed by atoms with E-state index in [1.54, 1.807) is 0 Å². The van der Waals surface area contributed by atoms with Crippen LogP contribution in [-0.2, 0) is 6.42 Å². The molecular formula is C31H35N3O. The minimum atomic E-state index is -0.0629. The Hall–Kier alpha value is -3.66. The molecule has 0 radical (unpaired) electrons. The van der Waals surface area contributed by atoms with E-state index in [-0.39, 0.29) is 11.9 Å². The zero-order valence-electron chi connectivity index (χ0n) is 20.9. The minimum Gasteiger partial charge on any atom is -0.345 e. The zero-order chi connectivity index (χ0) is 24.6. The minimum absolute atomic E-state index is 0.0516. The van der Waals surface area contributed by atoms with Crippen molar-refractivity contribution in [1.29, 1.82) is 0 Å². The fraction of sp³-hybridized carbons (Fsp3) is 0.290. The van der Waals surface area contributed by atoms with Crippen LogP contribution in [0.5, 0.6) is 0 Å². The van der Waals surface area contributed by atoms with E-state index in [0.717, 1.165) is 53.9 Å². The normalized spacial score (nSPS) is 12.0. The average Bonchev–Trinajstić information content (AvgIpc) is 3.27. The van der Waals surface area contributed by atoms with Gasteiger partial charge >= 0.3 is 0 Å². The van der Waals surface area contributed by atoms with E-state index >= 15 is 0 Å². The molecule has 3 aromatic carbocycles. The van der Waals surface area contributed by atoms with Gasteiger partial charge in [0.1, 0.15) is 5.69 Å². The smallest absolute Gasteiger partial charge is 0.255 e. The molecule has 1 amide bonds. The number of hydrogen-bond donors (Lipinski definition) is 1. The van der Waals surface area contributed by atoms with E-state index in [1.165, 1.54) is 0 Å². The van der Waals surface area contributed by atoms with Gasteiger partial charge in [0, 0.05) is 5.56 Å². The number of hydrogen-bond acceptors (Lipinski definition) is 2. The van der Waals surface area contributed by atoms with Crippen molar-refractivity contribution in [2.24, 2.45) is 5.92 Å². The van der Waals surface area contributed by atoms with E-state index in [4.69, 9.17) is 5.10 Å². The maximum absolute atomic E-state index is 14.0. The Morgan fingerprint density at radius 1 is 0.857 bits per heavy atom. The molecule has 1 N–H and O–H groups in total. The van der Waals surface area contributed by atoms with Crippen LogP contribution in [0.15, 0.2) is 91.0 Å². The highest BCUT2D eigenvalue weighted by atomic mass is 16.1. The Labute approximate surface area is 209 Å². The topological polar surface area (TPSA) is 46.9 Å². The number of rotatable bonds is 10. The predicted octanol–water partition coefficient (Wildman–Crippen LogP) is 7.40. The molecule has 0 saturated heterocycles. The third-order valence-electron chi connectivity index (χ3n) is 6.28. The van der Waals surface area contributed by atoms with Crippen LogP contribution in [0.25, 0.3) is 16.9 Å². The molecule has 0 spiro atoms. The molecule has 0 aliphatic carbocycles. The van der Waals surface area contributed by atoms with Gasteiger partial charge < -0.3 is 5.32 Å². The molecule has 180 valence electrons. The second kappa shape index (κ2) is 11.7. The molecule has 1 atom stereocenters. The van der Waals surface area contributed by atoms with Crippen molar-refractivity contribution in [3.05, 3.63) is 108 Å². The molecule has 0 saturated carbocycles. The molecule has 1 unspecified atom stereocenters.